The summed E-state index contributed by atoms with van der Waals surface area (Å²) in [4.78, 5) is 60.8. The number of aromatic nitrogens is 2. The van der Waals surface area contributed by atoms with Crippen LogP contribution < -0.4 is 16.4 Å². The van der Waals surface area contributed by atoms with E-state index < -0.39 is 40.8 Å². The predicted octanol–water partition coefficient (Wildman–Crippen LogP) is 0.657. The van der Waals surface area contributed by atoms with Gasteiger partial charge in [-0.25, -0.2) is 9.78 Å². The molecule has 2 aromatic rings. The van der Waals surface area contributed by atoms with E-state index in [1.165, 1.54) is 17.1 Å². The molecule has 3 amide bonds. The minimum Gasteiger partial charge on any atom is -0.477 e. The number of thiazole rings is 1. The van der Waals surface area contributed by atoms with Gasteiger partial charge in [-0.15, -0.1) is 23.1 Å². The Kier molecular flexibility index (Phi) is 7.10. The highest BCUT2D eigenvalue weighted by Gasteiger charge is 2.55. The smallest absolute Gasteiger partial charge is 0.352 e. The van der Waals surface area contributed by atoms with Crippen LogP contribution in [0.15, 0.2) is 57.3 Å². The van der Waals surface area contributed by atoms with Crippen LogP contribution >= 0.6 is 23.1 Å². The van der Waals surface area contributed by atoms with Crippen LogP contribution in [0, 0.1) is 0 Å². The number of pyridine rings is 1. The molecule has 5 heterocycles. The molecule has 15 heteroatoms. The summed E-state index contributed by atoms with van der Waals surface area (Å²) in [6.07, 6.45) is 2.03. The van der Waals surface area contributed by atoms with Gasteiger partial charge >= 0.3 is 5.97 Å². The van der Waals surface area contributed by atoms with Gasteiger partial charge in [0, 0.05) is 41.1 Å². The Morgan fingerprint density at radius 1 is 1.33 bits per heavy atom. The van der Waals surface area contributed by atoms with E-state index in [0.717, 1.165) is 16.2 Å². The molecule has 2 aromatic heterocycles. The summed E-state index contributed by atoms with van der Waals surface area (Å²) in [7, 11) is 0. The number of nitrogens with zero attached hydrogens (tertiary/aromatic N) is 4. The fraction of sp³-hybridized carbons (Fsp3) is 0.292. The number of carboxylic acids is 1. The second-order valence-electron chi connectivity index (χ2n) is 8.89. The molecule has 0 spiro atoms. The molecular weight excluding hydrogens is 546 g/mol. The highest BCUT2D eigenvalue weighted by atomic mass is 32.2. The third kappa shape index (κ3) is 4.63. The van der Waals surface area contributed by atoms with E-state index >= 15 is 0 Å². The molecule has 0 aliphatic carbocycles. The normalized spacial score (nSPS) is 23.1. The minimum atomic E-state index is -1.33. The van der Waals surface area contributed by atoms with Crippen molar-refractivity contribution in [3.05, 3.63) is 63.6 Å². The van der Waals surface area contributed by atoms with Gasteiger partial charge in [0.2, 0.25) is 5.91 Å². The largest absolute Gasteiger partial charge is 0.477 e. The number of rotatable bonds is 7. The number of allylic oxidation sites excluding steroid dienone is 1. The summed E-state index contributed by atoms with van der Waals surface area (Å²) in [5.74, 6) is -3.36. The first kappa shape index (κ1) is 26.4. The molecule has 1 unspecified atom stereocenters. The van der Waals surface area contributed by atoms with Crippen molar-refractivity contribution in [1.82, 2.24) is 25.5 Å². The summed E-state index contributed by atoms with van der Waals surface area (Å²) in [6.45, 7) is 2.27. The molecule has 6 N–H and O–H groups in total. The standard InChI is InChI=1S/C24H23N7O6S2/c1-10(13-4-2-3-6-26-13)15(11-5-7-27-19(11)32)12-8-38-22-17(21(34)31(22)18(12)23(35)36)29-20(33)16(30-37)14-9-39-24(25)28-14/h2-4,6,9-10,17,22,37H,5,7-8H2,1H3,(H2,25,28)(H,27,32)(H,29,33)(H,35,36)/t10?,17-,22-/m1/s1. The van der Waals surface area contributed by atoms with Crippen molar-refractivity contribution in [2.75, 3.05) is 18.0 Å². The van der Waals surface area contributed by atoms with Crippen LogP contribution in [0.1, 0.15) is 30.7 Å². The molecule has 0 radical (unpaired) electrons. The number of thioether (sulfide) groups is 1. The fourth-order valence-electron chi connectivity index (χ4n) is 4.91. The molecule has 2 fully saturated rings. The zero-order valence-corrected chi connectivity index (χ0v) is 22.1. The van der Waals surface area contributed by atoms with E-state index in [4.69, 9.17) is 5.73 Å². The average molecular weight is 570 g/mol. The Hall–Kier alpha value is -4.24. The number of carbonyl (C=O) groups is 4. The van der Waals surface area contributed by atoms with E-state index in [0.29, 0.717) is 35.4 Å². The third-order valence-corrected chi connectivity index (χ3v) is 8.64. The summed E-state index contributed by atoms with van der Waals surface area (Å²) >= 11 is 2.31. The molecular formula is C24H23N7O6S2. The topological polar surface area (TPSA) is 200 Å². The highest BCUT2D eigenvalue weighted by molar-refractivity contribution is 8.00. The quantitative estimate of drug-likeness (QED) is 0.104. The number of carboxylic acid groups (broad SMARTS) is 1. The summed E-state index contributed by atoms with van der Waals surface area (Å²) in [5, 5.41) is 28.8. The number of amides is 3. The molecule has 3 atom stereocenters. The number of nitrogens with one attached hydrogen (secondary N) is 2. The lowest BCUT2D eigenvalue weighted by atomic mass is 9.84. The van der Waals surface area contributed by atoms with Crippen molar-refractivity contribution in [3.63, 3.8) is 0 Å². The van der Waals surface area contributed by atoms with Crippen LogP contribution in [-0.2, 0) is 19.2 Å². The number of hydrogen-bond acceptors (Lipinski definition) is 11. The second-order valence-corrected chi connectivity index (χ2v) is 10.9. The van der Waals surface area contributed by atoms with Gasteiger partial charge in [0.05, 0.1) is 0 Å². The average Bonchev–Trinajstić information content (AvgIpc) is 3.55. The molecule has 0 aromatic carbocycles. The predicted molar refractivity (Wildman–Crippen MR) is 142 cm³/mol. The van der Waals surface area contributed by atoms with E-state index in [1.54, 1.807) is 18.3 Å². The zero-order valence-electron chi connectivity index (χ0n) is 20.5. The Labute approximate surface area is 229 Å². The van der Waals surface area contributed by atoms with Gasteiger partial charge in [-0.3, -0.25) is 24.3 Å². The SMILES string of the molecule is CC(C(=C1CCNC1=O)C1=C(C(=O)O)N2C(=O)[C@@H](NC(=O)C(=NO)c3csc(N)n3)[C@H]2SC1)c1ccccn1. The van der Waals surface area contributed by atoms with E-state index in [9.17, 15) is 29.5 Å². The van der Waals surface area contributed by atoms with Crippen molar-refractivity contribution in [1.29, 1.82) is 0 Å². The number of hydrogen-bond donors (Lipinski definition) is 5. The van der Waals surface area contributed by atoms with Crippen LogP contribution in [-0.4, -0.2) is 78.3 Å². The Bertz CT molecular complexity index is 1470. The van der Waals surface area contributed by atoms with Crippen LogP contribution in [0.2, 0.25) is 0 Å². The first-order valence-corrected chi connectivity index (χ1v) is 13.7. The Balaban J connectivity index is 1.48. The van der Waals surface area contributed by atoms with Crippen LogP contribution in [0.5, 0.6) is 0 Å². The lowest BCUT2D eigenvalue weighted by molar-refractivity contribution is -0.150. The number of β-lactam (4-membered cyclic amide) rings is 1. The van der Waals surface area contributed by atoms with Crippen LogP contribution in [0.3, 0.4) is 0 Å². The summed E-state index contributed by atoms with van der Waals surface area (Å²) < 4.78 is 0. The summed E-state index contributed by atoms with van der Waals surface area (Å²) in [6, 6.07) is 4.31. The van der Waals surface area contributed by atoms with Gasteiger partial charge in [-0.2, -0.15) is 0 Å². The van der Waals surface area contributed by atoms with Crippen molar-refractivity contribution in [2.45, 2.75) is 30.7 Å². The molecule has 13 nitrogen and oxygen atoms in total. The maximum atomic E-state index is 13.2. The molecule has 2 saturated heterocycles. The van der Waals surface area contributed by atoms with E-state index in [1.807, 2.05) is 13.0 Å². The number of anilines is 1. The summed E-state index contributed by atoms with van der Waals surface area (Å²) in [5.41, 5.74) is 6.99. The molecule has 0 saturated carbocycles. The molecule has 39 heavy (non-hydrogen) atoms. The number of nitrogens with two attached hydrogens (primary N) is 1. The number of oxime groups is 1. The number of nitrogen functional groups attached to an aromatic ring is 1. The third-order valence-electron chi connectivity index (χ3n) is 6.69. The van der Waals surface area contributed by atoms with Crippen molar-refractivity contribution in [2.24, 2.45) is 5.16 Å². The molecule has 5 rings (SSSR count). The van der Waals surface area contributed by atoms with Crippen molar-refractivity contribution in [3.8, 4) is 0 Å². The number of carbonyl (C=O) groups excluding carboxylic acids is 3. The van der Waals surface area contributed by atoms with Gasteiger partial charge in [0.25, 0.3) is 11.8 Å². The lowest BCUT2D eigenvalue weighted by Crippen LogP contribution is -2.71. The Morgan fingerprint density at radius 3 is 2.72 bits per heavy atom. The monoisotopic (exact) mass is 569 g/mol. The van der Waals surface area contributed by atoms with Crippen molar-refractivity contribution >= 4 is 57.6 Å². The van der Waals surface area contributed by atoms with E-state index in [2.05, 4.69) is 25.8 Å². The van der Waals surface area contributed by atoms with Gasteiger partial charge in [-0.05, 0) is 29.7 Å². The zero-order chi connectivity index (χ0) is 27.8. The van der Waals surface area contributed by atoms with Gasteiger partial charge in [-0.1, -0.05) is 18.1 Å². The number of aliphatic carboxylic acids is 1. The lowest BCUT2D eigenvalue weighted by Gasteiger charge is -2.50. The van der Waals surface area contributed by atoms with Gasteiger partial charge in [0.1, 0.15) is 22.8 Å². The minimum absolute atomic E-state index is 0.0421. The maximum Gasteiger partial charge on any atom is 0.352 e. The van der Waals surface area contributed by atoms with Crippen LogP contribution in [0.4, 0.5) is 5.13 Å². The van der Waals surface area contributed by atoms with E-state index in [-0.39, 0.29) is 28.2 Å². The second kappa shape index (κ2) is 10.5. The van der Waals surface area contributed by atoms with Gasteiger partial charge in [0.15, 0.2) is 10.8 Å². The maximum absolute atomic E-state index is 13.2. The first-order valence-electron chi connectivity index (χ1n) is 11.8. The molecule has 202 valence electrons. The van der Waals surface area contributed by atoms with Crippen LogP contribution in [0.25, 0.3) is 0 Å². The highest BCUT2D eigenvalue weighted by Crippen LogP contribution is 2.46. The molecule has 0 bridgehead atoms. The molecule has 3 aliphatic rings. The molecule has 3 aliphatic heterocycles. The number of fused-ring (bicyclic) bond motifs is 1. The van der Waals surface area contributed by atoms with Gasteiger partial charge < -0.3 is 26.7 Å². The fourth-order valence-corrected chi connectivity index (χ4v) is 6.82. The van der Waals surface area contributed by atoms with Crippen molar-refractivity contribution < 1.29 is 29.5 Å². The Morgan fingerprint density at radius 2 is 2.13 bits per heavy atom. The first-order chi connectivity index (χ1) is 18.7.